The molecule has 0 saturated carbocycles. The molecule has 3 aromatic carbocycles. The molecule has 1 aliphatic rings. The molecule has 1 saturated heterocycles. The molecule has 4 atom stereocenters. The quantitative estimate of drug-likeness (QED) is 0.120. The Morgan fingerprint density at radius 2 is 1.41 bits per heavy atom. The Labute approximate surface area is 287 Å². The number of ether oxygens (including phenoxy) is 4. The molecule has 0 spiro atoms. The highest BCUT2D eigenvalue weighted by Crippen LogP contribution is 2.45. The summed E-state index contributed by atoms with van der Waals surface area (Å²) >= 11 is 0. The predicted octanol–water partition coefficient (Wildman–Crippen LogP) is 6.32. The molecule has 1 aliphatic heterocycles. The van der Waals surface area contributed by atoms with Gasteiger partial charge in [0.1, 0.15) is 35.5 Å². The molecule has 0 amide bonds. The van der Waals surface area contributed by atoms with Gasteiger partial charge in [-0.25, -0.2) is 4.79 Å². The van der Waals surface area contributed by atoms with Crippen molar-refractivity contribution in [1.29, 1.82) is 0 Å². The normalized spacial score (nSPS) is 18.3. The molecular formula is C37H45N3O8P+. The lowest BCUT2D eigenvalue weighted by Gasteiger charge is -2.37. The molecule has 12 heteroatoms. The molecule has 1 unspecified atom stereocenters. The average molecular weight is 691 g/mol. The van der Waals surface area contributed by atoms with E-state index in [1.165, 1.54) is 10.8 Å². The molecule has 0 bridgehead atoms. The van der Waals surface area contributed by atoms with E-state index in [2.05, 4.69) is 4.98 Å². The Morgan fingerprint density at radius 1 is 0.878 bits per heavy atom. The lowest BCUT2D eigenvalue weighted by Crippen LogP contribution is -2.39. The van der Waals surface area contributed by atoms with E-state index in [0.717, 1.165) is 16.7 Å². The molecule has 49 heavy (non-hydrogen) atoms. The number of aromatic amines is 1. The van der Waals surface area contributed by atoms with Crippen LogP contribution in [-0.4, -0.2) is 59.3 Å². The van der Waals surface area contributed by atoms with Crippen LogP contribution in [0.15, 0.2) is 94.6 Å². The van der Waals surface area contributed by atoms with Crippen LogP contribution in [0.25, 0.3) is 0 Å². The van der Waals surface area contributed by atoms with Crippen molar-refractivity contribution in [3.05, 3.63) is 128 Å². The van der Waals surface area contributed by atoms with Crippen molar-refractivity contribution in [1.82, 2.24) is 14.2 Å². The molecule has 1 N–H and O–H groups in total. The fraction of sp³-hybridized carbons (Fsp3) is 0.405. The minimum atomic E-state index is -2.27. The van der Waals surface area contributed by atoms with Crippen LogP contribution in [0.3, 0.4) is 0 Å². The Morgan fingerprint density at radius 3 is 1.92 bits per heavy atom. The van der Waals surface area contributed by atoms with E-state index in [1.807, 2.05) is 107 Å². The van der Waals surface area contributed by atoms with Crippen LogP contribution in [0.5, 0.6) is 11.5 Å². The molecule has 1 fully saturated rings. The van der Waals surface area contributed by atoms with E-state index in [1.54, 1.807) is 25.8 Å². The summed E-state index contributed by atoms with van der Waals surface area (Å²) in [4.78, 5) is 27.5. The maximum Gasteiger partial charge on any atom is 0.616 e. The first-order chi connectivity index (χ1) is 23.5. The van der Waals surface area contributed by atoms with Crippen LogP contribution in [0.1, 0.15) is 62.6 Å². The first-order valence-electron chi connectivity index (χ1n) is 16.4. The van der Waals surface area contributed by atoms with Gasteiger partial charge in [-0.05, 0) is 80.1 Å². The third-order valence-electron chi connectivity index (χ3n) is 8.75. The van der Waals surface area contributed by atoms with Gasteiger partial charge >= 0.3 is 13.9 Å². The zero-order valence-electron chi connectivity index (χ0n) is 29.0. The van der Waals surface area contributed by atoms with E-state index in [9.17, 15) is 14.2 Å². The largest absolute Gasteiger partial charge is 0.616 e. The van der Waals surface area contributed by atoms with E-state index >= 15 is 0 Å². The number of nitrogens with zero attached hydrogens (tertiary/aromatic N) is 2. The second-order valence-corrected chi connectivity index (χ2v) is 13.8. The van der Waals surface area contributed by atoms with E-state index in [4.69, 9.17) is 23.5 Å². The number of hydrogen-bond donors (Lipinski definition) is 1. The van der Waals surface area contributed by atoms with Gasteiger partial charge in [0.15, 0.2) is 0 Å². The van der Waals surface area contributed by atoms with Crippen molar-refractivity contribution < 1.29 is 28.0 Å². The molecule has 5 rings (SSSR count). The van der Waals surface area contributed by atoms with Crippen LogP contribution in [0, 0.1) is 6.92 Å². The second kappa shape index (κ2) is 15.6. The van der Waals surface area contributed by atoms with Gasteiger partial charge in [-0.3, -0.25) is 14.3 Å². The number of H-pyrrole nitrogens is 1. The third-order valence-corrected chi connectivity index (χ3v) is 10.5. The van der Waals surface area contributed by atoms with Gasteiger partial charge in [-0.15, -0.1) is 4.52 Å². The smallest absolute Gasteiger partial charge is 0.497 e. The first kappa shape index (κ1) is 36.2. The number of methoxy groups -OCH3 is 2. The zero-order valence-corrected chi connectivity index (χ0v) is 29.9. The highest BCUT2D eigenvalue weighted by Gasteiger charge is 2.48. The lowest BCUT2D eigenvalue weighted by molar-refractivity contribution is -0.0917. The summed E-state index contributed by atoms with van der Waals surface area (Å²) in [5.41, 5.74) is 0.682. The highest BCUT2D eigenvalue weighted by atomic mass is 31.1. The summed E-state index contributed by atoms with van der Waals surface area (Å²) in [5.74, 6) is 1.39. The number of benzene rings is 3. The average Bonchev–Trinajstić information content (AvgIpc) is 3.49. The molecule has 11 nitrogen and oxygen atoms in total. The minimum absolute atomic E-state index is 0.00225. The van der Waals surface area contributed by atoms with Crippen molar-refractivity contribution in [2.45, 2.75) is 77.2 Å². The first-order valence-corrected chi connectivity index (χ1v) is 17.5. The van der Waals surface area contributed by atoms with Crippen molar-refractivity contribution in [3.63, 3.8) is 0 Å². The molecule has 1 aromatic heterocycles. The molecule has 4 aromatic rings. The van der Waals surface area contributed by atoms with Gasteiger partial charge in [0.2, 0.25) is 0 Å². The highest BCUT2D eigenvalue weighted by molar-refractivity contribution is 7.36. The van der Waals surface area contributed by atoms with Gasteiger partial charge in [0.05, 0.1) is 32.9 Å². The number of aromatic nitrogens is 2. The topological polar surface area (TPSA) is 121 Å². The predicted molar refractivity (Wildman–Crippen MR) is 187 cm³/mol. The summed E-state index contributed by atoms with van der Waals surface area (Å²) in [7, 11) is 0.962. The van der Waals surface area contributed by atoms with Crippen molar-refractivity contribution in [2.75, 3.05) is 20.8 Å². The van der Waals surface area contributed by atoms with Crippen LogP contribution in [-0.2, 0) is 24.2 Å². The van der Waals surface area contributed by atoms with Gasteiger partial charge in [-0.1, -0.05) is 59.3 Å². The van der Waals surface area contributed by atoms with E-state index < -0.39 is 43.5 Å². The van der Waals surface area contributed by atoms with Crippen LogP contribution in [0.2, 0.25) is 0 Å². The van der Waals surface area contributed by atoms with Gasteiger partial charge in [0, 0.05) is 18.2 Å². The Balaban J connectivity index is 1.59. The summed E-state index contributed by atoms with van der Waals surface area (Å²) in [6.07, 6.45) is -0.584. The fourth-order valence-electron chi connectivity index (χ4n) is 6.36. The summed E-state index contributed by atoms with van der Waals surface area (Å²) < 4.78 is 47.8. The Bertz CT molecular complexity index is 1770. The molecular weight excluding hydrogens is 645 g/mol. The summed E-state index contributed by atoms with van der Waals surface area (Å²) in [6.45, 7) is 9.48. The molecule has 0 radical (unpaired) electrons. The summed E-state index contributed by atoms with van der Waals surface area (Å²) in [5, 5.41) is 0. The number of aryl methyl sites for hydroxylation is 1. The zero-order chi connectivity index (χ0) is 35.3. The number of nitrogens with one attached hydrogen (secondary N) is 1. The maximum atomic E-state index is 13.7. The standard InChI is InChI=1S/C37H44N3O8P/c1-24(2)40(25(3)4)49(43)48-32-21-34(39-22-26(5)35(41)38-36(39)42)47-33(32)23-46-37(27-11-9-8-10-12-27,28-13-17-30(44-6)18-14-28)29-15-19-31(45-7)20-16-29/h8-20,22,24-25,32-34H,21,23H2,1-7H3/p+1/t32-,33+,34+/m0/s1. The molecule has 260 valence electrons. The van der Waals surface area contributed by atoms with E-state index in [-0.39, 0.29) is 25.1 Å². The van der Waals surface area contributed by atoms with Crippen LogP contribution < -0.4 is 20.7 Å². The van der Waals surface area contributed by atoms with Crippen LogP contribution in [0.4, 0.5) is 0 Å². The van der Waals surface area contributed by atoms with Crippen molar-refractivity contribution in [3.8, 4) is 11.5 Å². The Hall–Kier alpha value is -4.12. The van der Waals surface area contributed by atoms with Gasteiger partial charge < -0.3 is 18.9 Å². The van der Waals surface area contributed by atoms with Gasteiger partial charge in [-0.2, -0.15) is 0 Å². The maximum absolute atomic E-state index is 13.7. The SMILES string of the molecule is COc1ccc(C(OC[C@H]2O[C@@H](n3cc(C)c(=O)[nH]c3=O)C[C@@H]2O[P+](=O)N(C(C)C)C(C)C)(c2ccccc2)c2ccc(OC)cc2)cc1. The monoisotopic (exact) mass is 690 g/mol. The number of hydrogen-bond acceptors (Lipinski definition) is 8. The van der Waals surface area contributed by atoms with Crippen LogP contribution >= 0.6 is 8.18 Å². The van der Waals surface area contributed by atoms with Crippen molar-refractivity contribution >= 4 is 8.18 Å². The summed E-state index contributed by atoms with van der Waals surface area (Å²) in [6, 6.07) is 25.2. The Kier molecular flexibility index (Phi) is 11.5. The fourth-order valence-corrected chi connectivity index (χ4v) is 7.67. The second-order valence-electron chi connectivity index (χ2n) is 12.6. The van der Waals surface area contributed by atoms with Crippen molar-refractivity contribution in [2.24, 2.45) is 0 Å². The lowest BCUT2D eigenvalue weighted by atomic mass is 9.80. The number of rotatable bonds is 14. The third kappa shape index (κ3) is 7.71. The minimum Gasteiger partial charge on any atom is -0.497 e. The molecule has 0 aliphatic carbocycles. The molecule has 2 heterocycles. The van der Waals surface area contributed by atoms with E-state index in [0.29, 0.717) is 17.1 Å². The van der Waals surface area contributed by atoms with Gasteiger partial charge in [0.25, 0.3) is 5.56 Å².